The van der Waals surface area contributed by atoms with E-state index in [0.29, 0.717) is 41.6 Å². The number of benzene rings is 1. The summed E-state index contributed by atoms with van der Waals surface area (Å²) in [5, 5.41) is 21.2. The Morgan fingerprint density at radius 1 is 1.07 bits per heavy atom. The third-order valence-electron chi connectivity index (χ3n) is 6.56. The molecule has 1 aliphatic heterocycles. The van der Waals surface area contributed by atoms with Gasteiger partial charge in [-0.05, 0) is 45.7 Å². The van der Waals surface area contributed by atoms with Crippen LogP contribution in [0.25, 0.3) is 11.4 Å². The number of hydrogen-bond acceptors (Lipinski definition) is 10. The molecule has 14 heteroatoms. The molecule has 2 aliphatic rings. The molecule has 0 radical (unpaired) electrons. The first-order valence-corrected chi connectivity index (χ1v) is 13.3. The standard InChI is InChI=1S/C27H33N9O5/c1-27(2,3)41-26(39)35-12-16(13-35)36-14-29-23(34-36)17-7-6-8-18(22(17)40-5)30-19-11-20(31-24(37)15-9-10-15)32-33-21(19)25(38)28-4/h6-8,11,14-16H,9-10,12-13H2,1-5H3,(H,28,38)(H2,30,31,32,37). The van der Waals surface area contributed by atoms with Crippen LogP contribution in [0.1, 0.15) is 50.1 Å². The molecule has 3 amide bonds. The second kappa shape index (κ2) is 11.0. The van der Waals surface area contributed by atoms with Crippen molar-refractivity contribution in [3.63, 3.8) is 0 Å². The first-order chi connectivity index (χ1) is 19.6. The van der Waals surface area contributed by atoms with E-state index in [2.05, 4.69) is 36.2 Å². The van der Waals surface area contributed by atoms with Crippen LogP contribution in [-0.4, -0.2) is 80.6 Å². The number of rotatable bonds is 8. The van der Waals surface area contributed by atoms with Gasteiger partial charge in [0.1, 0.15) is 11.9 Å². The lowest BCUT2D eigenvalue weighted by atomic mass is 10.1. The van der Waals surface area contributed by atoms with Crippen molar-refractivity contribution in [3.8, 4) is 17.1 Å². The zero-order valence-electron chi connectivity index (χ0n) is 23.6. The van der Waals surface area contributed by atoms with Gasteiger partial charge in [0.25, 0.3) is 5.91 Å². The highest BCUT2D eigenvalue weighted by Gasteiger charge is 2.36. The van der Waals surface area contributed by atoms with E-state index < -0.39 is 11.5 Å². The average Bonchev–Trinajstić information content (AvgIpc) is 3.64. The Morgan fingerprint density at radius 3 is 2.49 bits per heavy atom. The molecule has 3 heterocycles. The van der Waals surface area contributed by atoms with Crippen LogP contribution in [0.4, 0.5) is 22.0 Å². The van der Waals surface area contributed by atoms with Crippen molar-refractivity contribution in [2.75, 3.05) is 37.9 Å². The topological polar surface area (TPSA) is 165 Å². The molecule has 2 aromatic heterocycles. The van der Waals surface area contributed by atoms with E-state index in [1.807, 2.05) is 26.8 Å². The third kappa shape index (κ3) is 6.21. The van der Waals surface area contributed by atoms with E-state index in [9.17, 15) is 14.4 Å². The molecule has 0 spiro atoms. The minimum atomic E-state index is -0.558. The predicted octanol–water partition coefficient (Wildman–Crippen LogP) is 2.99. The molecule has 1 aliphatic carbocycles. The molecular weight excluding hydrogens is 530 g/mol. The van der Waals surface area contributed by atoms with Crippen LogP contribution >= 0.6 is 0 Å². The van der Waals surface area contributed by atoms with Gasteiger partial charge in [-0.1, -0.05) is 6.07 Å². The quantitative estimate of drug-likeness (QED) is 0.371. The van der Waals surface area contributed by atoms with Gasteiger partial charge in [-0.3, -0.25) is 9.59 Å². The highest BCUT2D eigenvalue weighted by Crippen LogP contribution is 2.38. The van der Waals surface area contributed by atoms with Crippen LogP contribution in [0, 0.1) is 5.92 Å². The summed E-state index contributed by atoms with van der Waals surface area (Å²) in [6, 6.07) is 6.94. The van der Waals surface area contributed by atoms with Crippen LogP contribution < -0.4 is 20.7 Å². The van der Waals surface area contributed by atoms with Gasteiger partial charge in [-0.15, -0.1) is 10.2 Å². The lowest BCUT2D eigenvalue weighted by Crippen LogP contribution is -2.52. The summed E-state index contributed by atoms with van der Waals surface area (Å²) in [5.74, 6) is 0.511. The summed E-state index contributed by atoms with van der Waals surface area (Å²) in [4.78, 5) is 43.2. The minimum absolute atomic E-state index is 0.0174. The van der Waals surface area contributed by atoms with E-state index >= 15 is 0 Å². The maximum Gasteiger partial charge on any atom is 0.410 e. The molecule has 1 aromatic carbocycles. The second-order valence-corrected chi connectivity index (χ2v) is 10.9. The second-order valence-electron chi connectivity index (χ2n) is 10.9. The number of ether oxygens (including phenoxy) is 2. The number of amides is 3. The fraction of sp³-hybridized carbons (Fsp3) is 0.444. The van der Waals surface area contributed by atoms with Gasteiger partial charge >= 0.3 is 6.09 Å². The highest BCUT2D eigenvalue weighted by molar-refractivity contribution is 6.00. The number of nitrogens with one attached hydrogen (secondary N) is 3. The van der Waals surface area contributed by atoms with Crippen LogP contribution in [0.3, 0.4) is 0 Å². The number of carbonyl (C=O) groups excluding carboxylic acids is 3. The lowest BCUT2D eigenvalue weighted by Gasteiger charge is -2.39. The molecule has 3 aromatic rings. The first kappa shape index (κ1) is 27.8. The number of methoxy groups -OCH3 is 1. The van der Waals surface area contributed by atoms with Gasteiger partial charge in [-0.25, -0.2) is 14.5 Å². The van der Waals surface area contributed by atoms with Crippen molar-refractivity contribution in [1.82, 2.24) is 35.2 Å². The van der Waals surface area contributed by atoms with Crippen molar-refractivity contribution >= 4 is 35.1 Å². The smallest absolute Gasteiger partial charge is 0.410 e. The van der Waals surface area contributed by atoms with Crippen molar-refractivity contribution in [2.24, 2.45) is 5.92 Å². The number of para-hydroxylation sites is 1. The monoisotopic (exact) mass is 563 g/mol. The minimum Gasteiger partial charge on any atom is -0.494 e. The van der Waals surface area contributed by atoms with Crippen LogP contribution in [0.5, 0.6) is 5.75 Å². The molecule has 5 rings (SSSR count). The van der Waals surface area contributed by atoms with Crippen LogP contribution in [-0.2, 0) is 9.53 Å². The van der Waals surface area contributed by atoms with Gasteiger partial charge in [-0.2, -0.15) is 5.10 Å². The summed E-state index contributed by atoms with van der Waals surface area (Å²) in [6.45, 7) is 6.43. The Labute approximate surface area is 236 Å². The van der Waals surface area contributed by atoms with Crippen molar-refractivity contribution in [2.45, 2.75) is 45.3 Å². The molecule has 14 nitrogen and oxygen atoms in total. The first-order valence-electron chi connectivity index (χ1n) is 13.3. The third-order valence-corrected chi connectivity index (χ3v) is 6.56. The Morgan fingerprint density at radius 2 is 1.83 bits per heavy atom. The summed E-state index contributed by atoms with van der Waals surface area (Å²) in [6.07, 6.45) is 2.96. The van der Waals surface area contributed by atoms with Gasteiger partial charge in [0, 0.05) is 32.1 Å². The summed E-state index contributed by atoms with van der Waals surface area (Å²) in [7, 11) is 3.02. The van der Waals surface area contributed by atoms with Crippen molar-refractivity contribution in [3.05, 3.63) is 36.3 Å². The highest BCUT2D eigenvalue weighted by atomic mass is 16.6. The molecular formula is C27H33N9O5. The van der Waals surface area contributed by atoms with Crippen LogP contribution in [0.2, 0.25) is 0 Å². The number of hydrogen-bond donors (Lipinski definition) is 3. The van der Waals surface area contributed by atoms with Crippen molar-refractivity contribution in [1.29, 1.82) is 0 Å². The number of nitrogens with zero attached hydrogens (tertiary/aromatic N) is 6. The fourth-order valence-electron chi connectivity index (χ4n) is 4.26. The number of anilines is 3. The molecule has 2 fully saturated rings. The average molecular weight is 564 g/mol. The van der Waals surface area contributed by atoms with E-state index in [1.165, 1.54) is 14.2 Å². The number of likely N-dealkylation sites (tertiary alicyclic amines) is 1. The molecule has 0 atom stereocenters. The molecule has 0 unspecified atom stereocenters. The summed E-state index contributed by atoms with van der Waals surface area (Å²) < 4.78 is 12.9. The Balaban J connectivity index is 1.36. The van der Waals surface area contributed by atoms with E-state index in [0.717, 1.165) is 12.8 Å². The molecule has 3 N–H and O–H groups in total. The lowest BCUT2D eigenvalue weighted by molar-refractivity contribution is -0.117. The normalized spacial score (nSPS) is 15.1. The maximum atomic E-state index is 12.5. The summed E-state index contributed by atoms with van der Waals surface area (Å²) in [5.41, 5.74) is 0.962. The van der Waals surface area contributed by atoms with Crippen molar-refractivity contribution < 1.29 is 23.9 Å². The van der Waals surface area contributed by atoms with Gasteiger partial charge < -0.3 is 30.3 Å². The Bertz CT molecular complexity index is 1470. The Kier molecular flexibility index (Phi) is 7.47. The van der Waals surface area contributed by atoms with Crippen LogP contribution in [0.15, 0.2) is 30.6 Å². The predicted molar refractivity (Wildman–Crippen MR) is 149 cm³/mol. The SMILES string of the molecule is CNC(=O)c1nnc(NC(=O)C2CC2)cc1Nc1cccc(-c2ncn(C3CN(C(=O)OC(C)(C)C)C3)n2)c1OC. The van der Waals surface area contributed by atoms with Gasteiger partial charge in [0.2, 0.25) is 5.91 Å². The Hall–Kier alpha value is -4.75. The number of aromatic nitrogens is 5. The zero-order valence-corrected chi connectivity index (χ0v) is 23.6. The van der Waals surface area contributed by atoms with E-state index in [1.54, 1.807) is 34.1 Å². The fourth-order valence-corrected chi connectivity index (χ4v) is 4.26. The van der Waals surface area contributed by atoms with E-state index in [4.69, 9.17) is 9.47 Å². The maximum absolute atomic E-state index is 12.5. The zero-order chi connectivity index (χ0) is 29.3. The molecule has 41 heavy (non-hydrogen) atoms. The molecule has 0 bridgehead atoms. The number of carbonyl (C=O) groups is 3. The molecule has 1 saturated heterocycles. The van der Waals surface area contributed by atoms with E-state index in [-0.39, 0.29) is 35.5 Å². The molecule has 1 saturated carbocycles. The summed E-state index contributed by atoms with van der Waals surface area (Å²) >= 11 is 0. The largest absolute Gasteiger partial charge is 0.494 e. The van der Waals surface area contributed by atoms with Gasteiger partial charge in [0.05, 0.1) is 30.1 Å². The van der Waals surface area contributed by atoms with Gasteiger partial charge in [0.15, 0.2) is 23.1 Å². The molecule has 216 valence electrons.